The van der Waals surface area contributed by atoms with Gasteiger partial charge in [0.15, 0.2) is 5.82 Å². The number of halogens is 1. The number of methoxy groups -OCH3 is 1. The van der Waals surface area contributed by atoms with Gasteiger partial charge in [0.2, 0.25) is 5.95 Å². The highest BCUT2D eigenvalue weighted by molar-refractivity contribution is 6.33. The molecule has 1 saturated heterocycles. The molecule has 4 heterocycles. The van der Waals surface area contributed by atoms with Crippen molar-refractivity contribution in [3.8, 4) is 11.5 Å². The van der Waals surface area contributed by atoms with Crippen LogP contribution in [-0.4, -0.2) is 46.2 Å². The van der Waals surface area contributed by atoms with E-state index in [0.717, 1.165) is 64.2 Å². The zero-order chi connectivity index (χ0) is 27.8. The van der Waals surface area contributed by atoms with Gasteiger partial charge in [0.1, 0.15) is 23.1 Å². The summed E-state index contributed by atoms with van der Waals surface area (Å²) in [5.41, 5.74) is 5.24. The van der Waals surface area contributed by atoms with Crippen molar-refractivity contribution < 1.29 is 9.47 Å². The summed E-state index contributed by atoms with van der Waals surface area (Å²) in [6.45, 7) is 8.36. The van der Waals surface area contributed by atoms with Gasteiger partial charge in [-0.05, 0) is 43.7 Å². The Morgan fingerprint density at radius 3 is 2.83 bits per heavy atom. The van der Waals surface area contributed by atoms with E-state index in [-0.39, 0.29) is 0 Å². The van der Waals surface area contributed by atoms with Crippen LogP contribution in [0.5, 0.6) is 11.5 Å². The summed E-state index contributed by atoms with van der Waals surface area (Å²) in [7, 11) is 1.67. The Hall–Kier alpha value is -3.85. The van der Waals surface area contributed by atoms with Gasteiger partial charge in [-0.1, -0.05) is 31.9 Å². The summed E-state index contributed by atoms with van der Waals surface area (Å²) in [4.78, 5) is 20.4. The SMILES string of the molecule is CCC(C)C1CCN2c3cc(OC)c(Nc4ncc(Cl)c(Nc5ccc6nccnc6c5C)n4)cc3OCC2C1. The molecule has 6 rings (SSSR count). The fraction of sp³-hybridized carbons (Fsp3) is 0.400. The molecular formula is C30H34ClN7O2. The first-order valence-corrected chi connectivity index (χ1v) is 14.2. The van der Waals surface area contributed by atoms with Crippen LogP contribution >= 0.6 is 11.6 Å². The number of aryl methyl sites for hydroxylation is 1. The molecule has 1 fully saturated rings. The first-order chi connectivity index (χ1) is 19.4. The number of benzene rings is 2. The first-order valence-electron chi connectivity index (χ1n) is 13.8. The molecule has 0 radical (unpaired) electrons. The van der Waals surface area contributed by atoms with E-state index in [0.29, 0.717) is 35.2 Å². The molecule has 2 aliphatic rings. The number of fused-ring (bicyclic) bond motifs is 4. The number of rotatable bonds is 7. The van der Waals surface area contributed by atoms with E-state index in [1.54, 1.807) is 25.7 Å². The number of anilines is 5. The lowest BCUT2D eigenvalue weighted by Gasteiger charge is -2.45. The van der Waals surface area contributed by atoms with Gasteiger partial charge in [0.25, 0.3) is 0 Å². The molecule has 0 saturated carbocycles. The van der Waals surface area contributed by atoms with Gasteiger partial charge in [0.05, 0.1) is 41.8 Å². The molecule has 0 amide bonds. The monoisotopic (exact) mass is 559 g/mol. The third-order valence-corrected chi connectivity index (χ3v) is 8.64. The number of ether oxygens (including phenoxy) is 2. The van der Waals surface area contributed by atoms with Crippen molar-refractivity contribution >= 4 is 51.5 Å². The fourth-order valence-corrected chi connectivity index (χ4v) is 5.96. The van der Waals surface area contributed by atoms with Gasteiger partial charge in [-0.3, -0.25) is 9.97 Å². The second-order valence-corrected chi connectivity index (χ2v) is 11.1. The zero-order valence-corrected chi connectivity index (χ0v) is 24.0. The van der Waals surface area contributed by atoms with Crippen molar-refractivity contribution in [3.63, 3.8) is 0 Å². The summed E-state index contributed by atoms with van der Waals surface area (Å²) >= 11 is 6.48. The smallest absolute Gasteiger partial charge is 0.229 e. The number of nitrogens with one attached hydrogen (secondary N) is 2. The van der Waals surface area contributed by atoms with Crippen molar-refractivity contribution in [2.75, 3.05) is 35.8 Å². The second-order valence-electron chi connectivity index (χ2n) is 10.7. The lowest BCUT2D eigenvalue weighted by atomic mass is 9.80. The van der Waals surface area contributed by atoms with Crippen molar-refractivity contribution in [2.45, 2.75) is 46.1 Å². The van der Waals surface area contributed by atoms with Crippen LogP contribution < -0.4 is 25.0 Å². The van der Waals surface area contributed by atoms with E-state index in [1.165, 1.54) is 12.8 Å². The van der Waals surface area contributed by atoms with Gasteiger partial charge in [0, 0.05) is 42.3 Å². The van der Waals surface area contributed by atoms with Gasteiger partial charge >= 0.3 is 0 Å². The van der Waals surface area contributed by atoms with Gasteiger partial charge < -0.3 is 25.0 Å². The first kappa shape index (κ1) is 26.4. The maximum Gasteiger partial charge on any atom is 0.229 e. The molecule has 0 bridgehead atoms. The summed E-state index contributed by atoms with van der Waals surface area (Å²) in [6, 6.07) is 8.29. The second kappa shape index (κ2) is 11.0. The third kappa shape index (κ3) is 4.94. The summed E-state index contributed by atoms with van der Waals surface area (Å²) in [6.07, 6.45) is 8.52. The minimum atomic E-state index is 0.381. The van der Waals surface area contributed by atoms with Crippen LogP contribution in [-0.2, 0) is 0 Å². The van der Waals surface area contributed by atoms with E-state index in [9.17, 15) is 0 Å². The van der Waals surface area contributed by atoms with Gasteiger partial charge in [-0.25, -0.2) is 4.98 Å². The summed E-state index contributed by atoms with van der Waals surface area (Å²) < 4.78 is 12.1. The largest absolute Gasteiger partial charge is 0.494 e. The number of aromatic nitrogens is 4. The number of piperidine rings is 1. The minimum Gasteiger partial charge on any atom is -0.494 e. The van der Waals surface area contributed by atoms with Crippen LogP contribution in [0.15, 0.2) is 42.9 Å². The predicted octanol–water partition coefficient (Wildman–Crippen LogP) is 6.90. The number of hydrogen-bond acceptors (Lipinski definition) is 9. The topological polar surface area (TPSA) is 97.3 Å². The molecule has 2 aliphatic heterocycles. The molecular weight excluding hydrogens is 526 g/mol. The molecule has 2 N–H and O–H groups in total. The predicted molar refractivity (Wildman–Crippen MR) is 160 cm³/mol. The van der Waals surface area contributed by atoms with E-state index < -0.39 is 0 Å². The maximum atomic E-state index is 6.48. The van der Waals surface area contributed by atoms with Crippen LogP contribution in [0, 0.1) is 18.8 Å². The van der Waals surface area contributed by atoms with Crippen molar-refractivity contribution in [3.05, 3.63) is 53.4 Å². The Morgan fingerprint density at radius 2 is 2.00 bits per heavy atom. The van der Waals surface area contributed by atoms with Crippen LogP contribution in [0.1, 0.15) is 38.7 Å². The van der Waals surface area contributed by atoms with Gasteiger partial charge in [-0.2, -0.15) is 4.98 Å². The van der Waals surface area contributed by atoms with E-state index in [2.05, 4.69) is 55.4 Å². The fourth-order valence-electron chi connectivity index (χ4n) is 5.82. The molecule has 3 atom stereocenters. The van der Waals surface area contributed by atoms with Crippen LogP contribution in [0.3, 0.4) is 0 Å². The normalized spacial score (nSPS) is 18.9. The number of hydrogen-bond donors (Lipinski definition) is 2. The molecule has 9 nitrogen and oxygen atoms in total. The highest BCUT2D eigenvalue weighted by Crippen LogP contribution is 2.45. The standard InChI is InChI=1S/C30H34ClN7O2/c1-5-17(2)19-8-11-38-20(12-19)16-40-27-13-24(26(39-4)14-25(27)38)36-30-34-15-21(31)29(37-30)35-22-6-7-23-28(18(22)3)33-10-9-32-23/h6-7,9-10,13-15,17,19-20H,5,8,11-12,16H2,1-4H3,(H2,34,35,36,37). The Kier molecular flexibility index (Phi) is 7.23. The molecule has 2 aromatic heterocycles. The number of nitrogens with zero attached hydrogens (tertiary/aromatic N) is 5. The van der Waals surface area contributed by atoms with E-state index in [4.69, 9.17) is 21.1 Å². The Bertz CT molecular complexity index is 1550. The molecule has 208 valence electrons. The van der Waals surface area contributed by atoms with Crippen molar-refractivity contribution in [1.29, 1.82) is 0 Å². The maximum absolute atomic E-state index is 6.48. The van der Waals surface area contributed by atoms with Crippen molar-refractivity contribution in [2.24, 2.45) is 11.8 Å². The highest BCUT2D eigenvalue weighted by atomic mass is 35.5. The molecule has 0 aliphatic carbocycles. The average Bonchev–Trinajstić information content (AvgIpc) is 2.99. The highest BCUT2D eigenvalue weighted by Gasteiger charge is 2.36. The zero-order valence-electron chi connectivity index (χ0n) is 23.2. The Labute approximate surface area is 239 Å². The van der Waals surface area contributed by atoms with Crippen LogP contribution in [0.2, 0.25) is 5.02 Å². The Morgan fingerprint density at radius 1 is 1.15 bits per heavy atom. The van der Waals surface area contributed by atoms with E-state index >= 15 is 0 Å². The quantitative estimate of drug-likeness (QED) is 0.250. The van der Waals surface area contributed by atoms with E-state index in [1.807, 2.05) is 25.1 Å². The third-order valence-electron chi connectivity index (χ3n) is 8.36. The lowest BCUT2D eigenvalue weighted by Crippen LogP contribution is -2.49. The lowest BCUT2D eigenvalue weighted by molar-refractivity contribution is 0.183. The minimum absolute atomic E-state index is 0.381. The van der Waals surface area contributed by atoms with Crippen LogP contribution in [0.4, 0.5) is 28.8 Å². The van der Waals surface area contributed by atoms with Gasteiger partial charge in [-0.15, -0.1) is 0 Å². The molecule has 0 spiro atoms. The molecule has 2 aromatic carbocycles. The van der Waals surface area contributed by atoms with Crippen molar-refractivity contribution in [1.82, 2.24) is 19.9 Å². The molecule has 3 unspecified atom stereocenters. The molecule has 40 heavy (non-hydrogen) atoms. The molecule has 10 heteroatoms. The van der Waals surface area contributed by atoms with Crippen LogP contribution in [0.25, 0.3) is 11.0 Å². The Balaban J connectivity index is 1.25. The summed E-state index contributed by atoms with van der Waals surface area (Å²) in [5.74, 6) is 3.88. The average molecular weight is 560 g/mol. The summed E-state index contributed by atoms with van der Waals surface area (Å²) in [5, 5.41) is 7.04. The molecule has 4 aromatic rings.